The van der Waals surface area contributed by atoms with Gasteiger partial charge in [0, 0.05) is 5.54 Å². The van der Waals surface area contributed by atoms with Crippen LogP contribution in [0, 0.1) is 0 Å². The van der Waals surface area contributed by atoms with E-state index in [1.165, 1.54) is 0 Å². The van der Waals surface area contributed by atoms with Crippen LogP contribution in [-0.4, -0.2) is 6.79 Å². The lowest BCUT2D eigenvalue weighted by atomic mass is 9.90. The molecule has 0 amide bonds. The smallest absolute Gasteiger partial charge is 0.231 e. The Labute approximate surface area is 83.8 Å². The molecule has 2 N–H and O–H groups in total. The maximum Gasteiger partial charge on any atom is 0.231 e. The van der Waals surface area contributed by atoms with E-state index in [1.54, 1.807) is 0 Å². The van der Waals surface area contributed by atoms with Gasteiger partial charge in [0.15, 0.2) is 11.5 Å². The number of nitrogens with two attached hydrogens (primary N) is 1. The van der Waals surface area contributed by atoms with E-state index < -0.39 is 0 Å². The molecule has 0 unspecified atom stereocenters. The lowest BCUT2D eigenvalue weighted by Crippen LogP contribution is -2.31. The molecule has 0 saturated heterocycles. The third-order valence-electron chi connectivity index (χ3n) is 2.77. The second-order valence-electron chi connectivity index (χ2n) is 3.84. The van der Waals surface area contributed by atoms with Gasteiger partial charge in [0.05, 0.1) is 0 Å². The SMILES string of the molecule is CC[C@](C)(N)c1ccc2c(c1)OCO2. The Morgan fingerprint density at radius 2 is 2.07 bits per heavy atom. The number of hydrogen-bond acceptors (Lipinski definition) is 3. The molecule has 1 atom stereocenters. The first kappa shape index (κ1) is 9.34. The van der Waals surface area contributed by atoms with Crippen LogP contribution in [0.25, 0.3) is 0 Å². The zero-order chi connectivity index (χ0) is 10.2. The number of rotatable bonds is 2. The fourth-order valence-corrected chi connectivity index (χ4v) is 1.46. The minimum atomic E-state index is -0.291. The van der Waals surface area contributed by atoms with Gasteiger partial charge in [-0.1, -0.05) is 13.0 Å². The number of fused-ring (bicyclic) bond motifs is 1. The summed E-state index contributed by atoms with van der Waals surface area (Å²) in [5.74, 6) is 1.60. The van der Waals surface area contributed by atoms with Crippen molar-refractivity contribution in [3.63, 3.8) is 0 Å². The lowest BCUT2D eigenvalue weighted by molar-refractivity contribution is 0.174. The van der Waals surface area contributed by atoms with Gasteiger partial charge in [0.25, 0.3) is 0 Å². The maximum absolute atomic E-state index is 6.14. The Morgan fingerprint density at radius 3 is 2.79 bits per heavy atom. The van der Waals surface area contributed by atoms with Gasteiger partial charge >= 0.3 is 0 Å². The van der Waals surface area contributed by atoms with Crippen molar-refractivity contribution >= 4 is 0 Å². The van der Waals surface area contributed by atoms with Crippen LogP contribution < -0.4 is 15.2 Å². The Kier molecular flexibility index (Phi) is 2.11. The molecule has 0 saturated carbocycles. The summed E-state index contributed by atoms with van der Waals surface area (Å²) in [7, 11) is 0. The molecule has 0 bridgehead atoms. The fourth-order valence-electron chi connectivity index (χ4n) is 1.46. The summed E-state index contributed by atoms with van der Waals surface area (Å²) in [6, 6.07) is 5.88. The first-order valence-electron chi connectivity index (χ1n) is 4.82. The first-order valence-corrected chi connectivity index (χ1v) is 4.82. The van der Waals surface area contributed by atoms with E-state index in [1.807, 2.05) is 25.1 Å². The van der Waals surface area contributed by atoms with Crippen molar-refractivity contribution < 1.29 is 9.47 Å². The van der Waals surface area contributed by atoms with Crippen LogP contribution in [0.2, 0.25) is 0 Å². The van der Waals surface area contributed by atoms with Crippen LogP contribution >= 0.6 is 0 Å². The highest BCUT2D eigenvalue weighted by Crippen LogP contribution is 2.35. The van der Waals surface area contributed by atoms with Crippen molar-refractivity contribution in [2.45, 2.75) is 25.8 Å². The zero-order valence-corrected chi connectivity index (χ0v) is 8.54. The molecule has 1 aromatic rings. The molecule has 1 aromatic carbocycles. The van der Waals surface area contributed by atoms with Crippen molar-refractivity contribution in [1.82, 2.24) is 0 Å². The summed E-state index contributed by atoms with van der Waals surface area (Å²) in [4.78, 5) is 0. The van der Waals surface area contributed by atoms with Crippen LogP contribution in [0.1, 0.15) is 25.8 Å². The summed E-state index contributed by atoms with van der Waals surface area (Å²) in [6.07, 6.45) is 0.895. The fraction of sp³-hybridized carbons (Fsp3) is 0.455. The molecular formula is C11H15NO2. The molecule has 76 valence electrons. The molecule has 3 nitrogen and oxygen atoms in total. The normalized spacial score (nSPS) is 17.9. The Hall–Kier alpha value is -1.22. The largest absolute Gasteiger partial charge is 0.454 e. The molecule has 0 aromatic heterocycles. The van der Waals surface area contributed by atoms with Crippen LogP contribution in [0.5, 0.6) is 11.5 Å². The summed E-state index contributed by atoms with van der Waals surface area (Å²) >= 11 is 0. The standard InChI is InChI=1S/C11H15NO2/c1-3-11(2,12)8-4-5-9-10(6-8)14-7-13-9/h4-6H,3,7,12H2,1-2H3/t11-/m0/s1. The molecule has 3 heteroatoms. The van der Waals surface area contributed by atoms with Crippen molar-refractivity contribution in [1.29, 1.82) is 0 Å². The van der Waals surface area contributed by atoms with Crippen LogP contribution in [0.3, 0.4) is 0 Å². The molecule has 0 radical (unpaired) electrons. The van der Waals surface area contributed by atoms with Gasteiger partial charge in [-0.3, -0.25) is 0 Å². The molecule has 1 aliphatic rings. The van der Waals surface area contributed by atoms with E-state index in [-0.39, 0.29) is 5.54 Å². The van der Waals surface area contributed by atoms with Crippen molar-refractivity contribution in [2.24, 2.45) is 5.73 Å². The highest BCUT2D eigenvalue weighted by Gasteiger charge is 2.22. The minimum absolute atomic E-state index is 0.291. The first-order chi connectivity index (χ1) is 6.63. The highest BCUT2D eigenvalue weighted by atomic mass is 16.7. The predicted octanol–water partition coefficient (Wildman–Crippen LogP) is 2.00. The average Bonchev–Trinajstić information content (AvgIpc) is 2.64. The molecule has 0 aliphatic carbocycles. The van der Waals surface area contributed by atoms with Crippen LogP contribution in [0.15, 0.2) is 18.2 Å². The number of benzene rings is 1. The highest BCUT2D eigenvalue weighted by molar-refractivity contribution is 5.46. The zero-order valence-electron chi connectivity index (χ0n) is 8.54. The van der Waals surface area contributed by atoms with Gasteiger partial charge in [-0.25, -0.2) is 0 Å². The average molecular weight is 193 g/mol. The van der Waals surface area contributed by atoms with Crippen molar-refractivity contribution in [3.8, 4) is 11.5 Å². The molecule has 1 aliphatic heterocycles. The van der Waals surface area contributed by atoms with Crippen molar-refractivity contribution in [2.75, 3.05) is 6.79 Å². The quantitative estimate of drug-likeness (QED) is 0.781. The molecule has 1 heterocycles. The van der Waals surface area contributed by atoms with E-state index in [4.69, 9.17) is 15.2 Å². The summed E-state index contributed by atoms with van der Waals surface area (Å²) in [5.41, 5.74) is 6.93. The number of ether oxygens (including phenoxy) is 2. The molecular weight excluding hydrogens is 178 g/mol. The maximum atomic E-state index is 6.14. The molecule has 0 spiro atoms. The third kappa shape index (κ3) is 1.44. The Bertz CT molecular complexity index is 347. The van der Waals surface area contributed by atoms with Gasteiger partial charge in [-0.05, 0) is 31.0 Å². The minimum Gasteiger partial charge on any atom is -0.454 e. The lowest BCUT2D eigenvalue weighted by Gasteiger charge is -2.23. The van der Waals surface area contributed by atoms with Gasteiger partial charge in [-0.15, -0.1) is 0 Å². The van der Waals surface area contributed by atoms with E-state index in [9.17, 15) is 0 Å². The van der Waals surface area contributed by atoms with E-state index in [2.05, 4.69) is 6.92 Å². The molecule has 14 heavy (non-hydrogen) atoms. The predicted molar refractivity (Wildman–Crippen MR) is 54.4 cm³/mol. The van der Waals surface area contributed by atoms with E-state index in [0.29, 0.717) is 6.79 Å². The second kappa shape index (κ2) is 3.17. The molecule has 0 fully saturated rings. The van der Waals surface area contributed by atoms with E-state index >= 15 is 0 Å². The second-order valence-corrected chi connectivity index (χ2v) is 3.84. The van der Waals surface area contributed by atoms with Gasteiger partial charge in [0.1, 0.15) is 0 Å². The van der Waals surface area contributed by atoms with Gasteiger partial charge < -0.3 is 15.2 Å². The van der Waals surface area contributed by atoms with Crippen molar-refractivity contribution in [3.05, 3.63) is 23.8 Å². The Morgan fingerprint density at radius 1 is 1.36 bits per heavy atom. The Balaban J connectivity index is 2.38. The van der Waals surface area contributed by atoms with Crippen LogP contribution in [0.4, 0.5) is 0 Å². The topological polar surface area (TPSA) is 44.5 Å². The van der Waals surface area contributed by atoms with Gasteiger partial charge in [-0.2, -0.15) is 0 Å². The summed E-state index contributed by atoms with van der Waals surface area (Å²) in [6.45, 7) is 4.40. The van der Waals surface area contributed by atoms with Crippen LogP contribution in [-0.2, 0) is 5.54 Å². The van der Waals surface area contributed by atoms with Gasteiger partial charge in [0.2, 0.25) is 6.79 Å². The number of hydrogen-bond donors (Lipinski definition) is 1. The monoisotopic (exact) mass is 193 g/mol. The third-order valence-corrected chi connectivity index (χ3v) is 2.77. The summed E-state index contributed by atoms with van der Waals surface area (Å²) < 4.78 is 10.5. The van der Waals surface area contributed by atoms with E-state index in [0.717, 1.165) is 23.5 Å². The summed E-state index contributed by atoms with van der Waals surface area (Å²) in [5, 5.41) is 0. The molecule has 2 rings (SSSR count).